The largest absolute Gasteiger partial charge is 0.487 e. The van der Waals surface area contributed by atoms with Crippen LogP contribution in [0.15, 0.2) is 24.3 Å². The van der Waals surface area contributed by atoms with Gasteiger partial charge in [0, 0.05) is 0 Å². The van der Waals surface area contributed by atoms with Crippen LogP contribution in [-0.4, -0.2) is 50.7 Å². The summed E-state index contributed by atoms with van der Waals surface area (Å²) in [4.78, 5) is 13.5. The zero-order chi connectivity index (χ0) is 15.6. The van der Waals surface area contributed by atoms with Crippen LogP contribution < -0.4 is 9.46 Å². The van der Waals surface area contributed by atoms with E-state index < -0.39 is 16.1 Å². The van der Waals surface area contributed by atoms with Crippen LogP contribution in [0.25, 0.3) is 0 Å². The number of rotatable bonds is 5. The number of sulfonamides is 1. The number of likely N-dealkylation sites (tertiary alicyclic amines) is 1. The molecule has 116 valence electrons. The summed E-state index contributed by atoms with van der Waals surface area (Å²) in [7, 11) is -3.42. The highest BCUT2D eigenvalue weighted by atomic mass is 32.2. The van der Waals surface area contributed by atoms with Crippen LogP contribution in [0, 0.1) is 5.82 Å². The van der Waals surface area contributed by atoms with Crippen molar-refractivity contribution in [2.75, 3.05) is 19.3 Å². The van der Waals surface area contributed by atoms with Crippen molar-refractivity contribution in [1.82, 2.24) is 9.62 Å². The normalized spacial score (nSPS) is 17.2. The van der Waals surface area contributed by atoms with E-state index in [2.05, 4.69) is 4.72 Å². The second-order valence-electron chi connectivity index (χ2n) is 5.05. The number of nitrogens with zero attached hydrogens (tertiary/aromatic N) is 1. The Kier molecular flexibility index (Phi) is 4.48. The molecule has 1 fully saturated rings. The molecule has 8 heteroatoms. The third-order valence-corrected chi connectivity index (χ3v) is 3.82. The van der Waals surface area contributed by atoms with Gasteiger partial charge in [-0.15, -0.1) is 0 Å². The first kappa shape index (κ1) is 15.7. The van der Waals surface area contributed by atoms with E-state index in [0.717, 1.165) is 6.26 Å². The number of hydrogen-bond acceptors (Lipinski definition) is 4. The quantitative estimate of drug-likeness (QED) is 0.851. The van der Waals surface area contributed by atoms with Crippen LogP contribution in [0.2, 0.25) is 0 Å². The third-order valence-electron chi connectivity index (χ3n) is 3.04. The third kappa shape index (κ3) is 4.40. The van der Waals surface area contributed by atoms with Crippen molar-refractivity contribution in [3.63, 3.8) is 0 Å². The maximum Gasteiger partial charge on any atom is 0.240 e. The van der Waals surface area contributed by atoms with Gasteiger partial charge in [0.1, 0.15) is 17.7 Å². The SMILES string of the molecule is CC(NS(C)(=O)=O)C(=O)N1CC(Oc2ccc(F)cc2)C1. The summed E-state index contributed by atoms with van der Waals surface area (Å²) in [5.74, 6) is -0.0939. The lowest BCUT2D eigenvalue weighted by Gasteiger charge is -2.40. The molecule has 1 atom stereocenters. The molecule has 0 aliphatic carbocycles. The number of hydrogen-bond donors (Lipinski definition) is 1. The van der Waals surface area contributed by atoms with Gasteiger partial charge < -0.3 is 9.64 Å². The lowest BCUT2D eigenvalue weighted by molar-refractivity contribution is -0.141. The van der Waals surface area contributed by atoms with Crippen molar-refractivity contribution < 1.29 is 22.3 Å². The molecule has 0 spiro atoms. The van der Waals surface area contributed by atoms with E-state index in [1.807, 2.05) is 0 Å². The Morgan fingerprint density at radius 3 is 2.48 bits per heavy atom. The minimum Gasteiger partial charge on any atom is -0.487 e. The van der Waals surface area contributed by atoms with Crippen LogP contribution in [-0.2, 0) is 14.8 Å². The van der Waals surface area contributed by atoms with Crippen molar-refractivity contribution in [2.24, 2.45) is 0 Å². The number of carbonyl (C=O) groups is 1. The first-order chi connectivity index (χ1) is 9.74. The summed E-state index contributed by atoms with van der Waals surface area (Å²) >= 11 is 0. The minimum absolute atomic E-state index is 0.162. The maximum atomic E-state index is 12.7. The van der Waals surface area contributed by atoms with E-state index in [0.29, 0.717) is 18.8 Å². The number of halogens is 1. The van der Waals surface area contributed by atoms with Crippen molar-refractivity contribution in [3.05, 3.63) is 30.1 Å². The summed E-state index contributed by atoms with van der Waals surface area (Å²) in [6.07, 6.45) is 0.845. The van der Waals surface area contributed by atoms with Gasteiger partial charge in [-0.2, -0.15) is 0 Å². The Bertz CT molecular complexity index is 612. The highest BCUT2D eigenvalue weighted by molar-refractivity contribution is 7.88. The van der Waals surface area contributed by atoms with Gasteiger partial charge in [-0.25, -0.2) is 17.5 Å². The molecule has 0 bridgehead atoms. The Labute approximate surface area is 122 Å². The van der Waals surface area contributed by atoms with Crippen LogP contribution in [0.4, 0.5) is 4.39 Å². The Morgan fingerprint density at radius 2 is 1.95 bits per heavy atom. The minimum atomic E-state index is -3.42. The molecule has 1 unspecified atom stereocenters. The molecule has 0 saturated carbocycles. The topological polar surface area (TPSA) is 75.7 Å². The molecule has 0 radical (unpaired) electrons. The fraction of sp³-hybridized carbons (Fsp3) is 0.462. The average Bonchev–Trinajstić information content (AvgIpc) is 2.32. The standard InChI is InChI=1S/C13H17FN2O4S/c1-9(15-21(2,18)19)13(17)16-7-12(8-16)20-11-5-3-10(14)4-6-11/h3-6,9,12,15H,7-8H2,1-2H3. The summed E-state index contributed by atoms with van der Waals surface area (Å²) in [6.45, 7) is 2.26. The molecule has 1 aliphatic rings. The van der Waals surface area contributed by atoms with Crippen molar-refractivity contribution in [2.45, 2.75) is 19.1 Å². The van der Waals surface area contributed by atoms with Gasteiger partial charge in [0.15, 0.2) is 0 Å². The van der Waals surface area contributed by atoms with Gasteiger partial charge >= 0.3 is 0 Å². The molecule has 1 aliphatic heterocycles. The van der Waals surface area contributed by atoms with Gasteiger partial charge in [-0.1, -0.05) is 0 Å². The second-order valence-corrected chi connectivity index (χ2v) is 6.83. The number of benzene rings is 1. The van der Waals surface area contributed by atoms with E-state index in [1.165, 1.54) is 36.1 Å². The van der Waals surface area contributed by atoms with Gasteiger partial charge in [0.2, 0.25) is 15.9 Å². The summed E-state index contributed by atoms with van der Waals surface area (Å²) in [5, 5.41) is 0. The Balaban J connectivity index is 1.80. The number of ether oxygens (including phenoxy) is 1. The molecule has 1 N–H and O–H groups in total. The molecule has 1 amide bonds. The van der Waals surface area contributed by atoms with Crippen LogP contribution in [0.1, 0.15) is 6.92 Å². The smallest absolute Gasteiger partial charge is 0.240 e. The van der Waals surface area contributed by atoms with Gasteiger partial charge in [-0.05, 0) is 31.2 Å². The predicted molar refractivity (Wildman–Crippen MR) is 74.8 cm³/mol. The monoisotopic (exact) mass is 316 g/mol. The van der Waals surface area contributed by atoms with Crippen LogP contribution in [0.5, 0.6) is 5.75 Å². The summed E-state index contributed by atoms with van der Waals surface area (Å²) < 4.78 is 42.7. The van der Waals surface area contributed by atoms with Crippen molar-refractivity contribution in [1.29, 1.82) is 0 Å². The second kappa shape index (κ2) is 5.98. The predicted octanol–water partition coefficient (Wildman–Crippen LogP) is 0.353. The maximum absolute atomic E-state index is 12.7. The lowest BCUT2D eigenvalue weighted by Crippen LogP contribution is -2.60. The fourth-order valence-electron chi connectivity index (χ4n) is 2.04. The molecule has 1 saturated heterocycles. The molecule has 1 aromatic rings. The van der Waals surface area contributed by atoms with E-state index in [4.69, 9.17) is 4.74 Å². The zero-order valence-electron chi connectivity index (χ0n) is 11.7. The van der Waals surface area contributed by atoms with Gasteiger partial charge in [0.05, 0.1) is 25.4 Å². The van der Waals surface area contributed by atoms with E-state index in [9.17, 15) is 17.6 Å². The molecular formula is C13H17FN2O4S. The zero-order valence-corrected chi connectivity index (χ0v) is 12.6. The first-order valence-corrected chi connectivity index (χ1v) is 8.32. The van der Waals surface area contributed by atoms with Crippen LogP contribution >= 0.6 is 0 Å². The van der Waals surface area contributed by atoms with E-state index in [1.54, 1.807) is 0 Å². The molecule has 2 rings (SSSR count). The van der Waals surface area contributed by atoms with Gasteiger partial charge in [-0.3, -0.25) is 4.79 Å². The Hall–Kier alpha value is -1.67. The first-order valence-electron chi connectivity index (χ1n) is 6.43. The highest BCUT2D eigenvalue weighted by Gasteiger charge is 2.35. The van der Waals surface area contributed by atoms with Crippen molar-refractivity contribution >= 4 is 15.9 Å². The van der Waals surface area contributed by atoms with E-state index in [-0.39, 0.29) is 17.8 Å². The number of amides is 1. The number of carbonyl (C=O) groups excluding carboxylic acids is 1. The highest BCUT2D eigenvalue weighted by Crippen LogP contribution is 2.19. The van der Waals surface area contributed by atoms with Crippen molar-refractivity contribution in [3.8, 4) is 5.75 Å². The van der Waals surface area contributed by atoms with E-state index >= 15 is 0 Å². The average molecular weight is 316 g/mol. The molecular weight excluding hydrogens is 299 g/mol. The lowest BCUT2D eigenvalue weighted by atomic mass is 10.1. The summed E-state index contributed by atoms with van der Waals surface area (Å²) in [5.41, 5.74) is 0. The molecule has 21 heavy (non-hydrogen) atoms. The molecule has 6 nitrogen and oxygen atoms in total. The van der Waals surface area contributed by atoms with Crippen LogP contribution in [0.3, 0.4) is 0 Å². The Morgan fingerprint density at radius 1 is 1.38 bits per heavy atom. The fourth-order valence-corrected chi connectivity index (χ4v) is 2.79. The van der Waals surface area contributed by atoms with Gasteiger partial charge in [0.25, 0.3) is 0 Å². The molecule has 1 heterocycles. The molecule has 0 aromatic heterocycles. The summed E-state index contributed by atoms with van der Waals surface area (Å²) in [6, 6.07) is 4.84. The molecule has 1 aromatic carbocycles. The number of nitrogens with one attached hydrogen (secondary N) is 1.